The molecule has 1 aromatic rings. The van der Waals surface area contributed by atoms with Crippen LogP contribution in [-0.2, 0) is 9.53 Å². The van der Waals surface area contributed by atoms with Crippen molar-refractivity contribution in [3.8, 4) is 0 Å². The van der Waals surface area contributed by atoms with Crippen molar-refractivity contribution < 1.29 is 9.53 Å². The zero-order valence-electron chi connectivity index (χ0n) is 9.19. The van der Waals surface area contributed by atoms with Gasteiger partial charge in [0.05, 0.1) is 13.2 Å². The first kappa shape index (κ1) is 12.4. The summed E-state index contributed by atoms with van der Waals surface area (Å²) in [5.41, 5.74) is 0.697. The van der Waals surface area contributed by atoms with Crippen LogP contribution in [0.2, 0.25) is 0 Å². The first-order valence-electron chi connectivity index (χ1n) is 4.92. The Morgan fingerprint density at radius 2 is 2.38 bits per heavy atom. The Balaban J connectivity index is 3.15. The molecule has 16 heavy (non-hydrogen) atoms. The molecule has 5 heteroatoms. The number of ether oxygens (including phenoxy) is 1. The van der Waals surface area contributed by atoms with E-state index < -0.39 is 5.97 Å². The van der Waals surface area contributed by atoms with Gasteiger partial charge in [0.2, 0.25) is 0 Å². The number of rotatable bonds is 4. The van der Waals surface area contributed by atoms with E-state index in [-0.39, 0.29) is 12.3 Å². The van der Waals surface area contributed by atoms with Crippen LogP contribution in [0.3, 0.4) is 0 Å². The maximum atomic E-state index is 11.6. The van der Waals surface area contributed by atoms with Gasteiger partial charge in [0, 0.05) is 17.2 Å². The van der Waals surface area contributed by atoms with Gasteiger partial charge in [-0.15, -0.1) is 11.3 Å². The van der Waals surface area contributed by atoms with Gasteiger partial charge in [-0.2, -0.15) is 0 Å². The molecule has 0 aliphatic heterocycles. The van der Waals surface area contributed by atoms with Gasteiger partial charge in [0.1, 0.15) is 5.01 Å². The zero-order valence-corrected chi connectivity index (χ0v) is 10.0. The van der Waals surface area contributed by atoms with Crippen molar-refractivity contribution in [1.82, 2.24) is 4.98 Å². The van der Waals surface area contributed by atoms with Crippen molar-refractivity contribution in [3.63, 3.8) is 0 Å². The van der Waals surface area contributed by atoms with Gasteiger partial charge in [-0.3, -0.25) is 4.79 Å². The van der Waals surface area contributed by atoms with Gasteiger partial charge in [0.15, 0.2) is 0 Å². The third kappa shape index (κ3) is 2.67. The molecule has 1 aromatic heterocycles. The second-order valence-corrected chi connectivity index (χ2v) is 3.74. The molecule has 0 fully saturated rings. The SMILES string of the molecule is [C-]#[N+]/C(C(=O)OCC)=C(\CC)c1nccs1. The van der Waals surface area contributed by atoms with Gasteiger partial charge in [0.25, 0.3) is 5.70 Å². The van der Waals surface area contributed by atoms with Crippen LogP contribution in [0.25, 0.3) is 10.4 Å². The lowest BCUT2D eigenvalue weighted by molar-refractivity contribution is -0.138. The average molecular weight is 236 g/mol. The molecule has 0 radical (unpaired) electrons. The Morgan fingerprint density at radius 1 is 1.62 bits per heavy atom. The summed E-state index contributed by atoms with van der Waals surface area (Å²) < 4.78 is 4.84. The van der Waals surface area contributed by atoms with Crippen LogP contribution in [0.1, 0.15) is 25.3 Å². The number of hydrogen-bond donors (Lipinski definition) is 0. The third-order valence-corrected chi connectivity index (χ3v) is 2.74. The van der Waals surface area contributed by atoms with Crippen molar-refractivity contribution in [2.24, 2.45) is 0 Å². The minimum Gasteiger partial charge on any atom is -0.471 e. The number of hydrogen-bond acceptors (Lipinski definition) is 4. The molecule has 0 aliphatic rings. The molecular formula is C11H12N2O2S. The van der Waals surface area contributed by atoms with Crippen molar-refractivity contribution in [2.45, 2.75) is 20.3 Å². The minimum absolute atomic E-state index is 0.0410. The summed E-state index contributed by atoms with van der Waals surface area (Å²) in [5.74, 6) is -0.565. The van der Waals surface area contributed by atoms with Gasteiger partial charge >= 0.3 is 5.97 Å². The largest absolute Gasteiger partial charge is 0.471 e. The van der Waals surface area contributed by atoms with E-state index >= 15 is 0 Å². The fourth-order valence-electron chi connectivity index (χ4n) is 1.23. The fourth-order valence-corrected chi connectivity index (χ4v) is 1.98. The molecule has 0 unspecified atom stereocenters. The molecule has 0 spiro atoms. The van der Waals surface area contributed by atoms with E-state index in [0.717, 1.165) is 0 Å². The number of thiazole rings is 1. The first-order valence-corrected chi connectivity index (χ1v) is 5.80. The van der Waals surface area contributed by atoms with E-state index in [0.29, 0.717) is 17.0 Å². The van der Waals surface area contributed by atoms with E-state index in [1.165, 1.54) is 11.3 Å². The number of esters is 1. The molecule has 0 bridgehead atoms. The van der Waals surface area contributed by atoms with E-state index in [1.54, 1.807) is 13.1 Å². The molecule has 1 heterocycles. The van der Waals surface area contributed by atoms with Crippen molar-refractivity contribution in [1.29, 1.82) is 0 Å². The smallest absolute Gasteiger partial charge is 0.336 e. The predicted octanol–water partition coefficient (Wildman–Crippen LogP) is 2.75. The van der Waals surface area contributed by atoms with E-state index in [1.807, 2.05) is 12.3 Å². The molecule has 0 saturated carbocycles. The van der Waals surface area contributed by atoms with Crippen LogP contribution in [-0.4, -0.2) is 17.6 Å². The second-order valence-electron chi connectivity index (χ2n) is 2.85. The third-order valence-electron chi connectivity index (χ3n) is 1.91. The van der Waals surface area contributed by atoms with Crippen LogP contribution < -0.4 is 0 Å². The summed E-state index contributed by atoms with van der Waals surface area (Å²) in [7, 11) is 0. The van der Waals surface area contributed by atoms with Gasteiger partial charge in [-0.1, -0.05) is 6.92 Å². The zero-order chi connectivity index (χ0) is 12.0. The monoisotopic (exact) mass is 236 g/mol. The molecule has 0 saturated heterocycles. The van der Waals surface area contributed by atoms with Crippen molar-refractivity contribution >= 4 is 22.9 Å². The topological polar surface area (TPSA) is 43.5 Å². The molecule has 4 nitrogen and oxygen atoms in total. The highest BCUT2D eigenvalue weighted by molar-refractivity contribution is 7.10. The Labute approximate surface area is 98.4 Å². The van der Waals surface area contributed by atoms with E-state index in [2.05, 4.69) is 9.83 Å². The van der Waals surface area contributed by atoms with E-state index in [4.69, 9.17) is 11.3 Å². The fraction of sp³-hybridized carbons (Fsp3) is 0.364. The summed E-state index contributed by atoms with van der Waals surface area (Å²) in [6, 6.07) is 0. The van der Waals surface area contributed by atoms with Crippen LogP contribution in [0.4, 0.5) is 0 Å². The number of carbonyl (C=O) groups is 1. The minimum atomic E-state index is -0.565. The summed E-state index contributed by atoms with van der Waals surface area (Å²) in [5, 5.41) is 2.53. The highest BCUT2D eigenvalue weighted by atomic mass is 32.1. The van der Waals surface area contributed by atoms with Crippen molar-refractivity contribution in [2.75, 3.05) is 6.61 Å². The molecule has 0 aromatic carbocycles. The average Bonchev–Trinajstić information content (AvgIpc) is 2.79. The van der Waals surface area contributed by atoms with Crippen LogP contribution in [0.5, 0.6) is 0 Å². The molecule has 0 amide bonds. The Kier molecular flexibility index (Phi) is 4.67. The lowest BCUT2D eigenvalue weighted by Crippen LogP contribution is -2.07. The Morgan fingerprint density at radius 3 is 2.81 bits per heavy atom. The molecule has 0 N–H and O–H groups in total. The van der Waals surface area contributed by atoms with Gasteiger partial charge in [-0.05, 0) is 13.3 Å². The standard InChI is InChI=1S/C11H12N2O2S/c1-4-8(10-13-6-7-16-10)9(12-3)11(14)15-5-2/h6-7H,4-5H2,1-2H3/b9-8+. The predicted molar refractivity (Wildman–Crippen MR) is 62.6 cm³/mol. The number of allylic oxidation sites excluding steroid dienone is 1. The maximum absolute atomic E-state index is 11.6. The molecular weight excluding hydrogens is 224 g/mol. The maximum Gasteiger partial charge on any atom is 0.336 e. The second kappa shape index (κ2) is 6.03. The lowest BCUT2D eigenvalue weighted by Gasteiger charge is -2.05. The Bertz CT molecular complexity index is 429. The molecule has 84 valence electrons. The summed E-state index contributed by atoms with van der Waals surface area (Å²) in [4.78, 5) is 18.9. The highest BCUT2D eigenvalue weighted by Gasteiger charge is 2.18. The van der Waals surface area contributed by atoms with Crippen LogP contribution in [0.15, 0.2) is 17.3 Å². The molecule has 1 rings (SSSR count). The van der Waals surface area contributed by atoms with Crippen molar-refractivity contribution in [3.05, 3.63) is 33.7 Å². The normalized spacial score (nSPS) is 11.6. The number of carbonyl (C=O) groups excluding carboxylic acids is 1. The van der Waals surface area contributed by atoms with Crippen LogP contribution in [0, 0.1) is 6.57 Å². The van der Waals surface area contributed by atoms with Gasteiger partial charge < -0.3 is 4.74 Å². The summed E-state index contributed by atoms with van der Waals surface area (Å²) in [6.07, 6.45) is 2.24. The summed E-state index contributed by atoms with van der Waals surface area (Å²) >= 11 is 1.41. The van der Waals surface area contributed by atoms with E-state index in [9.17, 15) is 4.79 Å². The molecule has 0 atom stereocenters. The molecule has 0 aliphatic carbocycles. The Hall–Kier alpha value is -1.67. The van der Waals surface area contributed by atoms with Gasteiger partial charge in [-0.25, -0.2) is 9.83 Å². The highest BCUT2D eigenvalue weighted by Crippen LogP contribution is 2.25. The lowest BCUT2D eigenvalue weighted by atomic mass is 10.1. The first-order chi connectivity index (χ1) is 7.74. The number of nitrogens with zero attached hydrogens (tertiary/aromatic N) is 2. The van der Waals surface area contributed by atoms with Crippen LogP contribution >= 0.6 is 11.3 Å². The summed E-state index contributed by atoms with van der Waals surface area (Å²) in [6.45, 7) is 10.9. The number of aromatic nitrogens is 1. The quantitative estimate of drug-likeness (QED) is 0.458.